The number of halogens is 3. The van der Waals surface area contributed by atoms with E-state index in [0.717, 1.165) is 23.3 Å². The number of alkyl halides is 3. The van der Waals surface area contributed by atoms with E-state index in [9.17, 15) is 22.8 Å². The molecule has 0 fully saturated rings. The standard InChI is InChI=1S/C38H47F3O6/c1-3-4-5-6-7-8-9-10-12-28-45-33-23-19-30(20-24-33)29-15-17-31(18-16-29)36(42)46-34-25-21-32(22-26-34)37(43)47-35(38(39,40)41)14-11-13-27-44-2/h15-26,35H,3-14,27-28H2,1-2H3. The van der Waals surface area contributed by atoms with Crippen LogP contribution >= 0.6 is 0 Å². The average molecular weight is 657 g/mol. The Morgan fingerprint density at radius 1 is 0.617 bits per heavy atom. The van der Waals surface area contributed by atoms with E-state index in [1.165, 1.54) is 82.7 Å². The Balaban J connectivity index is 1.43. The van der Waals surface area contributed by atoms with Crippen LogP contribution in [0, 0.1) is 0 Å². The number of hydrogen-bond donors (Lipinski definition) is 0. The SMILES string of the molecule is CCCCCCCCCCCOc1ccc(-c2ccc(C(=O)Oc3ccc(C(=O)OC(CCCCOC)C(F)(F)F)cc3)cc2)cc1. The molecule has 47 heavy (non-hydrogen) atoms. The molecule has 0 aliphatic rings. The molecule has 0 N–H and O–H groups in total. The summed E-state index contributed by atoms with van der Waals surface area (Å²) in [4.78, 5) is 25.1. The normalized spacial score (nSPS) is 12.0. The summed E-state index contributed by atoms with van der Waals surface area (Å²) in [6.07, 6.45) is 4.80. The number of methoxy groups -OCH3 is 1. The van der Waals surface area contributed by atoms with Crippen LogP contribution in [0.4, 0.5) is 13.2 Å². The van der Waals surface area contributed by atoms with Gasteiger partial charge in [-0.1, -0.05) is 82.6 Å². The summed E-state index contributed by atoms with van der Waals surface area (Å²) in [7, 11) is 1.47. The first-order chi connectivity index (χ1) is 22.7. The Bertz CT molecular complexity index is 1320. The molecule has 3 aromatic carbocycles. The lowest BCUT2D eigenvalue weighted by atomic mass is 10.0. The molecule has 0 saturated carbocycles. The minimum Gasteiger partial charge on any atom is -0.494 e. The Hall–Kier alpha value is -3.85. The second-order valence-electron chi connectivity index (χ2n) is 11.6. The summed E-state index contributed by atoms with van der Waals surface area (Å²) in [6.45, 7) is 3.26. The number of ether oxygens (including phenoxy) is 4. The minimum absolute atomic E-state index is 0.0831. The zero-order valence-electron chi connectivity index (χ0n) is 27.5. The number of esters is 2. The van der Waals surface area contributed by atoms with E-state index >= 15 is 0 Å². The molecular weight excluding hydrogens is 609 g/mol. The van der Waals surface area contributed by atoms with Crippen molar-refractivity contribution in [1.29, 1.82) is 0 Å². The molecule has 0 aromatic heterocycles. The molecule has 256 valence electrons. The Morgan fingerprint density at radius 3 is 1.68 bits per heavy atom. The van der Waals surface area contributed by atoms with Crippen molar-refractivity contribution in [2.24, 2.45) is 0 Å². The van der Waals surface area contributed by atoms with E-state index in [-0.39, 0.29) is 24.2 Å². The number of hydrogen-bond acceptors (Lipinski definition) is 6. The first kappa shape index (κ1) is 37.6. The molecule has 0 heterocycles. The van der Waals surface area contributed by atoms with Crippen molar-refractivity contribution in [1.82, 2.24) is 0 Å². The molecule has 9 heteroatoms. The zero-order chi connectivity index (χ0) is 33.9. The van der Waals surface area contributed by atoms with Gasteiger partial charge in [0.2, 0.25) is 0 Å². The molecular formula is C38H47F3O6. The summed E-state index contributed by atoms with van der Waals surface area (Å²) < 4.78 is 61.0. The lowest BCUT2D eigenvalue weighted by Gasteiger charge is -2.20. The Morgan fingerprint density at radius 2 is 1.11 bits per heavy atom. The number of carbonyl (C=O) groups excluding carboxylic acids is 2. The average Bonchev–Trinajstić information content (AvgIpc) is 3.07. The van der Waals surface area contributed by atoms with E-state index in [4.69, 9.17) is 18.9 Å². The Labute approximate surface area is 276 Å². The van der Waals surface area contributed by atoms with Crippen molar-refractivity contribution >= 4 is 11.9 Å². The third-order valence-corrected chi connectivity index (χ3v) is 7.80. The van der Waals surface area contributed by atoms with Crippen molar-refractivity contribution in [3.05, 3.63) is 83.9 Å². The molecule has 1 atom stereocenters. The van der Waals surface area contributed by atoms with Crippen LogP contribution in [-0.4, -0.2) is 44.5 Å². The van der Waals surface area contributed by atoms with Gasteiger partial charge in [0.05, 0.1) is 17.7 Å². The van der Waals surface area contributed by atoms with Crippen LogP contribution in [0.25, 0.3) is 11.1 Å². The highest BCUT2D eigenvalue weighted by Gasteiger charge is 2.42. The van der Waals surface area contributed by atoms with Gasteiger partial charge in [-0.2, -0.15) is 13.2 Å². The van der Waals surface area contributed by atoms with Crippen LogP contribution in [0.1, 0.15) is 105 Å². The highest BCUT2D eigenvalue weighted by molar-refractivity contribution is 5.92. The van der Waals surface area contributed by atoms with Crippen LogP contribution in [0.3, 0.4) is 0 Å². The summed E-state index contributed by atoms with van der Waals surface area (Å²) in [6, 6.07) is 20.0. The number of carbonyl (C=O) groups is 2. The molecule has 3 rings (SSSR count). The van der Waals surface area contributed by atoms with E-state index in [1.807, 2.05) is 36.4 Å². The molecule has 3 aromatic rings. The largest absolute Gasteiger partial charge is 0.494 e. The smallest absolute Gasteiger partial charge is 0.425 e. The van der Waals surface area contributed by atoms with Gasteiger partial charge in [-0.15, -0.1) is 0 Å². The molecule has 0 bridgehead atoms. The summed E-state index contributed by atoms with van der Waals surface area (Å²) >= 11 is 0. The maximum Gasteiger partial charge on any atom is 0.425 e. The van der Waals surface area contributed by atoms with Crippen molar-refractivity contribution in [3.8, 4) is 22.6 Å². The monoisotopic (exact) mass is 656 g/mol. The van der Waals surface area contributed by atoms with E-state index in [0.29, 0.717) is 25.2 Å². The van der Waals surface area contributed by atoms with Crippen molar-refractivity contribution in [3.63, 3.8) is 0 Å². The van der Waals surface area contributed by atoms with Gasteiger partial charge in [-0.05, 0) is 85.3 Å². The van der Waals surface area contributed by atoms with Crippen LogP contribution < -0.4 is 9.47 Å². The van der Waals surface area contributed by atoms with Gasteiger partial charge >= 0.3 is 18.1 Å². The third kappa shape index (κ3) is 13.8. The van der Waals surface area contributed by atoms with Crippen molar-refractivity contribution in [2.75, 3.05) is 20.3 Å². The van der Waals surface area contributed by atoms with Crippen LogP contribution in [0.5, 0.6) is 11.5 Å². The Kier molecular flexibility index (Phi) is 16.3. The summed E-state index contributed by atoms with van der Waals surface area (Å²) in [5.41, 5.74) is 2.14. The fourth-order valence-corrected chi connectivity index (χ4v) is 5.03. The second kappa shape index (κ2) is 20.4. The first-order valence-corrected chi connectivity index (χ1v) is 16.6. The van der Waals surface area contributed by atoms with Gasteiger partial charge in [0, 0.05) is 13.7 Å². The highest BCUT2D eigenvalue weighted by atomic mass is 19.4. The minimum atomic E-state index is -4.68. The first-order valence-electron chi connectivity index (χ1n) is 16.6. The lowest BCUT2D eigenvalue weighted by Crippen LogP contribution is -2.34. The fraction of sp³-hybridized carbons (Fsp3) is 0.474. The molecule has 0 spiro atoms. The van der Waals surface area contributed by atoms with Crippen molar-refractivity contribution < 1.29 is 41.7 Å². The van der Waals surface area contributed by atoms with E-state index in [1.54, 1.807) is 12.1 Å². The van der Waals surface area contributed by atoms with Crippen LogP contribution in [-0.2, 0) is 9.47 Å². The molecule has 0 amide bonds. The maximum absolute atomic E-state index is 13.4. The van der Waals surface area contributed by atoms with Gasteiger partial charge in [-0.3, -0.25) is 0 Å². The lowest BCUT2D eigenvalue weighted by molar-refractivity contribution is -0.206. The molecule has 0 saturated heterocycles. The van der Waals surface area contributed by atoms with Gasteiger partial charge < -0.3 is 18.9 Å². The third-order valence-electron chi connectivity index (χ3n) is 7.80. The van der Waals surface area contributed by atoms with Gasteiger partial charge in [0.15, 0.2) is 6.10 Å². The zero-order valence-corrected chi connectivity index (χ0v) is 27.5. The topological polar surface area (TPSA) is 71.1 Å². The predicted molar refractivity (Wildman–Crippen MR) is 177 cm³/mol. The van der Waals surface area contributed by atoms with Gasteiger partial charge in [0.25, 0.3) is 0 Å². The molecule has 1 unspecified atom stereocenters. The molecule has 0 aliphatic carbocycles. The van der Waals surface area contributed by atoms with E-state index < -0.39 is 24.2 Å². The number of rotatable bonds is 21. The molecule has 0 aliphatic heterocycles. The van der Waals surface area contributed by atoms with Gasteiger partial charge in [0.1, 0.15) is 11.5 Å². The summed E-state index contributed by atoms with van der Waals surface area (Å²) in [5.74, 6) is -0.752. The number of benzene rings is 3. The predicted octanol–water partition coefficient (Wildman–Crippen LogP) is 10.4. The van der Waals surface area contributed by atoms with E-state index in [2.05, 4.69) is 6.92 Å². The van der Waals surface area contributed by atoms with Crippen LogP contribution in [0.15, 0.2) is 72.8 Å². The van der Waals surface area contributed by atoms with Gasteiger partial charge in [-0.25, -0.2) is 9.59 Å². The fourth-order valence-electron chi connectivity index (χ4n) is 5.03. The summed E-state index contributed by atoms with van der Waals surface area (Å²) in [5, 5.41) is 0. The second-order valence-corrected chi connectivity index (χ2v) is 11.6. The molecule has 6 nitrogen and oxygen atoms in total. The number of unbranched alkanes of at least 4 members (excludes halogenated alkanes) is 9. The molecule has 0 radical (unpaired) electrons. The van der Waals surface area contributed by atoms with Crippen LogP contribution in [0.2, 0.25) is 0 Å². The maximum atomic E-state index is 13.4. The van der Waals surface area contributed by atoms with Crippen molar-refractivity contribution in [2.45, 2.75) is 96.3 Å². The highest BCUT2D eigenvalue weighted by Crippen LogP contribution is 2.28. The quantitative estimate of drug-likeness (QED) is 0.0646.